The van der Waals surface area contributed by atoms with Gasteiger partial charge in [0.05, 0.1) is 16.3 Å². The van der Waals surface area contributed by atoms with Gasteiger partial charge in [0.2, 0.25) is 5.13 Å². The number of carbonyl (C=O) groups excluding carboxylic acids is 1. The summed E-state index contributed by atoms with van der Waals surface area (Å²) < 4.78 is 0. The molecule has 0 saturated carbocycles. The Morgan fingerprint density at radius 1 is 1.07 bits per heavy atom. The van der Waals surface area contributed by atoms with E-state index in [1.165, 1.54) is 11.3 Å². The van der Waals surface area contributed by atoms with E-state index in [1.807, 2.05) is 61.5 Å². The molecule has 28 heavy (non-hydrogen) atoms. The number of aromatic nitrogens is 3. The number of hydrogen-bond donors (Lipinski definition) is 1. The molecule has 0 unspecified atom stereocenters. The van der Waals surface area contributed by atoms with E-state index >= 15 is 0 Å². The summed E-state index contributed by atoms with van der Waals surface area (Å²) in [6, 6.07) is 17.4. The minimum atomic E-state index is -0.187. The van der Waals surface area contributed by atoms with Crippen LogP contribution in [0.5, 0.6) is 0 Å². The third kappa shape index (κ3) is 4.46. The quantitative estimate of drug-likeness (QED) is 0.413. The molecule has 4 aromatic rings. The lowest BCUT2D eigenvalue weighted by molar-refractivity contribution is 0.102. The van der Waals surface area contributed by atoms with Crippen molar-refractivity contribution in [3.8, 4) is 10.6 Å². The van der Waals surface area contributed by atoms with E-state index in [0.29, 0.717) is 10.7 Å². The fourth-order valence-electron chi connectivity index (χ4n) is 2.54. The maximum atomic E-state index is 12.8. The second-order valence-corrected chi connectivity index (χ2v) is 8.93. The van der Waals surface area contributed by atoms with Crippen LogP contribution in [0.15, 0.2) is 64.9 Å². The average Bonchev–Trinajstić information content (AvgIpc) is 3.36. The highest BCUT2D eigenvalue weighted by Gasteiger charge is 2.15. The van der Waals surface area contributed by atoms with Gasteiger partial charge in [0.25, 0.3) is 5.91 Å². The van der Waals surface area contributed by atoms with Crippen molar-refractivity contribution in [3.63, 3.8) is 0 Å². The molecule has 0 aliphatic rings. The maximum absolute atomic E-state index is 12.8. The lowest BCUT2D eigenvalue weighted by atomic mass is 10.2. The summed E-state index contributed by atoms with van der Waals surface area (Å²) in [4.78, 5) is 18.2. The number of thiazole rings is 1. The molecular formula is C20H16N4OS3. The van der Waals surface area contributed by atoms with Crippen LogP contribution in [0.3, 0.4) is 0 Å². The summed E-state index contributed by atoms with van der Waals surface area (Å²) in [6.45, 7) is 1.99. The SMILES string of the molecule is Cc1nc(CSc2ccccc2C(=O)Nc2nnc(-c3ccccc3)s2)cs1. The van der Waals surface area contributed by atoms with Gasteiger partial charge in [0, 0.05) is 21.6 Å². The first-order valence-electron chi connectivity index (χ1n) is 8.52. The predicted octanol–water partition coefficient (Wildman–Crippen LogP) is 5.51. The lowest BCUT2D eigenvalue weighted by Gasteiger charge is -2.07. The van der Waals surface area contributed by atoms with Crippen LogP contribution in [0, 0.1) is 6.92 Å². The van der Waals surface area contributed by atoms with Gasteiger partial charge >= 0.3 is 0 Å². The number of carbonyl (C=O) groups is 1. The third-order valence-electron chi connectivity index (χ3n) is 3.84. The Morgan fingerprint density at radius 2 is 1.86 bits per heavy atom. The molecule has 2 aromatic heterocycles. The van der Waals surface area contributed by atoms with E-state index in [0.717, 1.165) is 31.9 Å². The van der Waals surface area contributed by atoms with E-state index in [1.54, 1.807) is 23.1 Å². The van der Waals surface area contributed by atoms with Crippen molar-refractivity contribution in [2.75, 3.05) is 5.32 Å². The fourth-order valence-corrected chi connectivity index (χ4v) is 4.95. The van der Waals surface area contributed by atoms with E-state index in [9.17, 15) is 4.79 Å². The van der Waals surface area contributed by atoms with Gasteiger partial charge in [0.1, 0.15) is 5.01 Å². The molecule has 2 heterocycles. The molecule has 0 aliphatic heterocycles. The number of amides is 1. The zero-order valence-electron chi connectivity index (χ0n) is 15.0. The number of hydrogen-bond acceptors (Lipinski definition) is 7. The van der Waals surface area contributed by atoms with Crippen molar-refractivity contribution in [2.45, 2.75) is 17.6 Å². The van der Waals surface area contributed by atoms with Gasteiger partial charge in [0.15, 0.2) is 0 Å². The summed E-state index contributed by atoms with van der Waals surface area (Å²) in [7, 11) is 0. The van der Waals surface area contributed by atoms with Crippen LogP contribution in [-0.4, -0.2) is 21.1 Å². The van der Waals surface area contributed by atoms with Crippen molar-refractivity contribution in [3.05, 3.63) is 76.2 Å². The predicted molar refractivity (Wildman–Crippen MR) is 116 cm³/mol. The van der Waals surface area contributed by atoms with Crippen LogP contribution < -0.4 is 5.32 Å². The summed E-state index contributed by atoms with van der Waals surface area (Å²) >= 11 is 4.60. The van der Waals surface area contributed by atoms with Crippen molar-refractivity contribution in [2.24, 2.45) is 0 Å². The van der Waals surface area contributed by atoms with Crippen LogP contribution in [-0.2, 0) is 5.75 Å². The fraction of sp³-hybridized carbons (Fsp3) is 0.100. The van der Waals surface area contributed by atoms with Gasteiger partial charge in [-0.25, -0.2) is 4.98 Å². The molecule has 0 aliphatic carbocycles. The molecule has 1 amide bonds. The second kappa shape index (κ2) is 8.64. The molecule has 0 radical (unpaired) electrons. The normalized spacial score (nSPS) is 10.8. The number of anilines is 1. The molecule has 0 bridgehead atoms. The molecule has 4 rings (SSSR count). The highest BCUT2D eigenvalue weighted by molar-refractivity contribution is 7.98. The van der Waals surface area contributed by atoms with Gasteiger partial charge in [-0.3, -0.25) is 10.1 Å². The molecule has 8 heteroatoms. The number of nitrogens with zero attached hydrogens (tertiary/aromatic N) is 3. The molecule has 0 fully saturated rings. The number of benzene rings is 2. The molecule has 0 atom stereocenters. The largest absolute Gasteiger partial charge is 0.296 e. The minimum Gasteiger partial charge on any atom is -0.296 e. The van der Waals surface area contributed by atoms with Crippen LogP contribution in [0.4, 0.5) is 5.13 Å². The topological polar surface area (TPSA) is 67.8 Å². The first-order valence-corrected chi connectivity index (χ1v) is 11.2. The Labute approximate surface area is 174 Å². The van der Waals surface area contributed by atoms with Gasteiger partial charge in [-0.15, -0.1) is 33.3 Å². The standard InChI is InChI=1S/C20H16N4OS3/c1-13-21-15(11-26-13)12-27-17-10-6-5-9-16(17)18(25)22-20-24-23-19(28-20)14-7-3-2-4-8-14/h2-11H,12H2,1H3,(H,22,24,25). The molecule has 0 saturated heterocycles. The van der Waals surface area contributed by atoms with Gasteiger partial charge < -0.3 is 0 Å². The van der Waals surface area contributed by atoms with Gasteiger partial charge in [-0.05, 0) is 19.1 Å². The molecule has 5 nitrogen and oxygen atoms in total. The molecule has 1 N–H and O–H groups in total. The third-order valence-corrected chi connectivity index (χ3v) is 6.66. The number of thioether (sulfide) groups is 1. The second-order valence-electron chi connectivity index (χ2n) is 5.88. The summed E-state index contributed by atoms with van der Waals surface area (Å²) in [5.74, 6) is 0.541. The average molecular weight is 425 g/mol. The molecular weight excluding hydrogens is 408 g/mol. The Hall–Kier alpha value is -2.55. The highest BCUT2D eigenvalue weighted by atomic mass is 32.2. The molecule has 0 spiro atoms. The van der Waals surface area contributed by atoms with E-state index in [4.69, 9.17) is 0 Å². The summed E-state index contributed by atoms with van der Waals surface area (Å²) in [5, 5.41) is 15.5. The smallest absolute Gasteiger partial charge is 0.258 e. The lowest BCUT2D eigenvalue weighted by Crippen LogP contribution is -2.12. The first kappa shape index (κ1) is 18.8. The van der Waals surface area contributed by atoms with Crippen LogP contribution in [0.1, 0.15) is 21.1 Å². The van der Waals surface area contributed by atoms with Crippen LogP contribution in [0.25, 0.3) is 10.6 Å². The maximum Gasteiger partial charge on any atom is 0.258 e. The Bertz CT molecular complexity index is 1090. The van der Waals surface area contributed by atoms with E-state index in [2.05, 4.69) is 25.9 Å². The van der Waals surface area contributed by atoms with Crippen molar-refractivity contribution >= 4 is 45.5 Å². The van der Waals surface area contributed by atoms with Gasteiger partial charge in [-0.1, -0.05) is 53.8 Å². The van der Waals surface area contributed by atoms with Gasteiger partial charge in [-0.2, -0.15) is 0 Å². The number of aryl methyl sites for hydroxylation is 1. The van der Waals surface area contributed by atoms with E-state index < -0.39 is 0 Å². The highest BCUT2D eigenvalue weighted by Crippen LogP contribution is 2.29. The Morgan fingerprint density at radius 3 is 2.64 bits per heavy atom. The van der Waals surface area contributed by atoms with Crippen LogP contribution >= 0.6 is 34.4 Å². The van der Waals surface area contributed by atoms with Crippen LogP contribution in [0.2, 0.25) is 0 Å². The zero-order valence-corrected chi connectivity index (χ0v) is 17.4. The minimum absolute atomic E-state index is 0.187. The van der Waals surface area contributed by atoms with E-state index in [-0.39, 0.29) is 5.91 Å². The summed E-state index contributed by atoms with van der Waals surface area (Å²) in [5.41, 5.74) is 2.63. The Kier molecular flexibility index (Phi) is 5.80. The van der Waals surface area contributed by atoms with Crippen molar-refractivity contribution in [1.29, 1.82) is 0 Å². The van der Waals surface area contributed by atoms with Crippen molar-refractivity contribution < 1.29 is 4.79 Å². The first-order chi connectivity index (χ1) is 13.7. The number of rotatable bonds is 6. The molecule has 2 aromatic carbocycles. The van der Waals surface area contributed by atoms with Crippen molar-refractivity contribution in [1.82, 2.24) is 15.2 Å². The summed E-state index contributed by atoms with van der Waals surface area (Å²) in [6.07, 6.45) is 0. The zero-order chi connectivity index (χ0) is 19.3. The number of nitrogens with one attached hydrogen (secondary N) is 1. The Balaban J connectivity index is 1.47. The molecule has 140 valence electrons. The monoisotopic (exact) mass is 424 g/mol.